The van der Waals surface area contributed by atoms with E-state index in [0.29, 0.717) is 0 Å². The lowest BCUT2D eigenvalue weighted by Crippen LogP contribution is -2.50. The van der Waals surface area contributed by atoms with Crippen molar-refractivity contribution in [1.29, 1.82) is 0 Å². The van der Waals surface area contributed by atoms with Crippen molar-refractivity contribution in [3.8, 4) is 0 Å². The summed E-state index contributed by atoms with van der Waals surface area (Å²) >= 11 is 0. The molecule has 18 heavy (non-hydrogen) atoms. The van der Waals surface area contributed by atoms with Crippen LogP contribution in [0.1, 0.15) is 18.4 Å². The van der Waals surface area contributed by atoms with E-state index in [4.69, 9.17) is 5.73 Å². The van der Waals surface area contributed by atoms with E-state index < -0.39 is 11.7 Å². The molecule has 0 atom stereocenters. The zero-order chi connectivity index (χ0) is 13.2. The van der Waals surface area contributed by atoms with Crippen LogP contribution in [0, 0.1) is 0 Å². The minimum Gasteiger partial charge on any atom is -0.370 e. The maximum Gasteiger partial charge on any atom is 0.411 e. The molecule has 98 valence electrons. The van der Waals surface area contributed by atoms with Crippen molar-refractivity contribution in [2.75, 3.05) is 0 Å². The summed E-state index contributed by atoms with van der Waals surface area (Å²) in [7, 11) is 0. The number of guanidine groups is 1. The summed E-state index contributed by atoms with van der Waals surface area (Å²) in [6.45, 7) is 0.271. The Hall–Kier alpha value is -1.72. The second-order valence-electron chi connectivity index (χ2n) is 4.39. The lowest BCUT2D eigenvalue weighted by atomic mass is 10.2. The van der Waals surface area contributed by atoms with Gasteiger partial charge in [-0.2, -0.15) is 13.2 Å². The molecule has 0 unspecified atom stereocenters. The minimum atomic E-state index is -4.28. The van der Waals surface area contributed by atoms with Gasteiger partial charge in [0, 0.05) is 0 Å². The molecule has 0 aromatic heterocycles. The first-order valence-corrected chi connectivity index (χ1v) is 5.62. The van der Waals surface area contributed by atoms with Crippen molar-refractivity contribution in [2.45, 2.75) is 31.1 Å². The topological polar surface area (TPSA) is 50.4 Å². The average molecular weight is 257 g/mol. The van der Waals surface area contributed by atoms with E-state index in [-0.39, 0.29) is 25.3 Å². The van der Waals surface area contributed by atoms with E-state index in [1.165, 1.54) is 0 Å². The highest BCUT2D eigenvalue weighted by Crippen LogP contribution is 2.48. The van der Waals surface area contributed by atoms with Gasteiger partial charge in [0.25, 0.3) is 0 Å². The van der Waals surface area contributed by atoms with Crippen LogP contribution in [0.4, 0.5) is 13.2 Å². The van der Waals surface area contributed by atoms with Gasteiger partial charge in [-0.25, -0.2) is 4.99 Å². The highest BCUT2D eigenvalue weighted by atomic mass is 19.4. The Labute approximate surface area is 103 Å². The molecule has 2 rings (SSSR count). The van der Waals surface area contributed by atoms with Gasteiger partial charge >= 0.3 is 6.18 Å². The monoisotopic (exact) mass is 257 g/mol. The summed E-state index contributed by atoms with van der Waals surface area (Å²) in [6.07, 6.45) is -4.17. The number of aliphatic imine (C=N–C) groups is 1. The van der Waals surface area contributed by atoms with Gasteiger partial charge in [0.15, 0.2) is 5.96 Å². The van der Waals surface area contributed by atoms with Crippen molar-refractivity contribution in [3.63, 3.8) is 0 Å². The van der Waals surface area contributed by atoms with Gasteiger partial charge in [0.05, 0.1) is 6.54 Å². The minimum absolute atomic E-state index is 0.0536. The molecule has 0 saturated heterocycles. The number of hydrogen-bond donors (Lipinski definition) is 2. The Morgan fingerprint density at radius 3 is 2.39 bits per heavy atom. The van der Waals surface area contributed by atoms with Crippen LogP contribution in [0.5, 0.6) is 0 Å². The van der Waals surface area contributed by atoms with Crippen LogP contribution >= 0.6 is 0 Å². The van der Waals surface area contributed by atoms with E-state index in [0.717, 1.165) is 5.56 Å². The molecule has 1 aliphatic carbocycles. The van der Waals surface area contributed by atoms with Crippen LogP contribution in [0.2, 0.25) is 0 Å². The summed E-state index contributed by atoms with van der Waals surface area (Å²) in [5.74, 6) is -0.159. The first-order chi connectivity index (χ1) is 8.43. The van der Waals surface area contributed by atoms with Crippen LogP contribution < -0.4 is 11.1 Å². The first kappa shape index (κ1) is 12.7. The number of benzene rings is 1. The maximum atomic E-state index is 12.6. The molecule has 1 fully saturated rings. The van der Waals surface area contributed by atoms with E-state index in [2.05, 4.69) is 10.3 Å². The quantitative estimate of drug-likeness (QED) is 0.644. The number of nitrogens with two attached hydrogens (primary N) is 1. The maximum absolute atomic E-state index is 12.6. The Kier molecular flexibility index (Phi) is 3.19. The summed E-state index contributed by atoms with van der Waals surface area (Å²) in [6, 6.07) is 9.22. The standard InChI is InChI=1S/C12H14F3N3/c13-12(14,15)11(6-7-11)18-10(16)17-8-9-4-2-1-3-5-9/h1-5H,6-8H2,(H3,16,17,18). The zero-order valence-electron chi connectivity index (χ0n) is 9.67. The molecule has 1 aliphatic rings. The molecule has 1 aromatic carbocycles. The van der Waals surface area contributed by atoms with Gasteiger partial charge in [-0.3, -0.25) is 0 Å². The predicted octanol–water partition coefficient (Wildman–Crippen LogP) is 2.19. The second-order valence-corrected chi connectivity index (χ2v) is 4.39. The number of halogens is 3. The van der Waals surface area contributed by atoms with E-state index >= 15 is 0 Å². The third-order valence-electron chi connectivity index (χ3n) is 2.93. The normalized spacial score (nSPS) is 18.5. The summed E-state index contributed by atoms with van der Waals surface area (Å²) in [5, 5.41) is 2.28. The van der Waals surface area contributed by atoms with Crippen LogP contribution in [-0.2, 0) is 6.54 Å². The number of rotatable bonds is 3. The highest BCUT2D eigenvalue weighted by molar-refractivity contribution is 5.79. The molecular weight excluding hydrogens is 243 g/mol. The SMILES string of the molecule is NC(=NCc1ccccc1)NC1(C(F)(F)F)CC1. The Morgan fingerprint density at radius 2 is 1.89 bits per heavy atom. The molecule has 3 nitrogen and oxygen atoms in total. The van der Waals surface area contributed by atoms with E-state index in [1.807, 2.05) is 30.3 Å². The smallest absolute Gasteiger partial charge is 0.370 e. The second kappa shape index (κ2) is 4.51. The highest BCUT2D eigenvalue weighted by Gasteiger charge is 2.63. The van der Waals surface area contributed by atoms with E-state index in [9.17, 15) is 13.2 Å². The van der Waals surface area contributed by atoms with Crippen molar-refractivity contribution < 1.29 is 13.2 Å². The molecule has 1 saturated carbocycles. The molecule has 0 amide bonds. The fourth-order valence-electron chi connectivity index (χ4n) is 1.65. The number of alkyl halides is 3. The number of hydrogen-bond acceptors (Lipinski definition) is 1. The number of nitrogens with zero attached hydrogens (tertiary/aromatic N) is 1. The molecule has 6 heteroatoms. The predicted molar refractivity (Wildman–Crippen MR) is 62.9 cm³/mol. The lowest BCUT2D eigenvalue weighted by molar-refractivity contribution is -0.161. The van der Waals surface area contributed by atoms with Gasteiger partial charge in [0.2, 0.25) is 0 Å². The van der Waals surface area contributed by atoms with Crippen LogP contribution in [0.3, 0.4) is 0 Å². The van der Waals surface area contributed by atoms with Crippen LogP contribution in [-0.4, -0.2) is 17.7 Å². The number of nitrogens with one attached hydrogen (secondary N) is 1. The third-order valence-corrected chi connectivity index (χ3v) is 2.93. The fraction of sp³-hybridized carbons (Fsp3) is 0.417. The average Bonchev–Trinajstić information content (AvgIpc) is 3.08. The van der Waals surface area contributed by atoms with Gasteiger partial charge in [-0.1, -0.05) is 30.3 Å². The molecule has 0 bridgehead atoms. The molecule has 1 aromatic rings. The van der Waals surface area contributed by atoms with Crippen molar-refractivity contribution in [1.82, 2.24) is 5.32 Å². The molecule has 0 aliphatic heterocycles. The van der Waals surface area contributed by atoms with Gasteiger partial charge in [0.1, 0.15) is 5.54 Å². The van der Waals surface area contributed by atoms with Gasteiger partial charge in [-0.05, 0) is 18.4 Å². The summed E-state index contributed by atoms with van der Waals surface area (Å²) in [5.41, 5.74) is 4.54. The van der Waals surface area contributed by atoms with Gasteiger partial charge in [-0.15, -0.1) is 0 Å². The molecule has 0 spiro atoms. The largest absolute Gasteiger partial charge is 0.411 e. The molecular formula is C12H14F3N3. The molecule has 0 heterocycles. The van der Waals surface area contributed by atoms with Crippen molar-refractivity contribution in [3.05, 3.63) is 35.9 Å². The Bertz CT molecular complexity index is 436. The van der Waals surface area contributed by atoms with Crippen molar-refractivity contribution in [2.24, 2.45) is 10.7 Å². The summed E-state index contributed by atoms with van der Waals surface area (Å²) < 4.78 is 37.9. The van der Waals surface area contributed by atoms with Gasteiger partial charge < -0.3 is 11.1 Å². The fourth-order valence-corrected chi connectivity index (χ4v) is 1.65. The first-order valence-electron chi connectivity index (χ1n) is 5.62. The Morgan fingerprint density at radius 1 is 1.28 bits per heavy atom. The van der Waals surface area contributed by atoms with E-state index in [1.54, 1.807) is 0 Å². The Balaban J connectivity index is 1.95. The zero-order valence-corrected chi connectivity index (χ0v) is 9.67. The third kappa shape index (κ3) is 2.75. The summed E-state index contributed by atoms with van der Waals surface area (Å²) in [4.78, 5) is 3.92. The lowest BCUT2D eigenvalue weighted by Gasteiger charge is -2.21. The molecule has 0 radical (unpaired) electrons. The van der Waals surface area contributed by atoms with Crippen LogP contribution in [0.15, 0.2) is 35.3 Å². The molecule has 3 N–H and O–H groups in total. The van der Waals surface area contributed by atoms with Crippen molar-refractivity contribution >= 4 is 5.96 Å². The van der Waals surface area contributed by atoms with Crippen LogP contribution in [0.25, 0.3) is 0 Å².